The second-order valence-electron chi connectivity index (χ2n) is 2.47. The van der Waals surface area contributed by atoms with E-state index < -0.39 is 5.38 Å². The van der Waals surface area contributed by atoms with Crippen LogP contribution in [0.15, 0.2) is 0 Å². The highest BCUT2D eigenvalue weighted by Gasteiger charge is 2.09. The van der Waals surface area contributed by atoms with Crippen molar-refractivity contribution >= 4 is 17.5 Å². The zero-order chi connectivity index (χ0) is 9.56. The number of carbonyl (C=O) groups is 1. The molecule has 0 heterocycles. The molecule has 68 valence electrons. The minimum absolute atomic E-state index is 0.0840. The molecule has 12 heavy (non-hydrogen) atoms. The molecular weight excluding hydrogens is 178 g/mol. The smallest absolute Gasteiger partial charge is 0.233 e. The highest BCUT2D eigenvalue weighted by atomic mass is 35.5. The van der Waals surface area contributed by atoms with Crippen LogP contribution in [0.2, 0.25) is 0 Å². The van der Waals surface area contributed by atoms with E-state index in [0.29, 0.717) is 6.54 Å². The number of carbonyl (C=O) groups excluding carboxylic acids is 1. The Morgan fingerprint density at radius 3 is 2.83 bits per heavy atom. The number of rotatable bonds is 4. The van der Waals surface area contributed by atoms with Crippen LogP contribution >= 0.6 is 11.6 Å². The van der Waals surface area contributed by atoms with Crippen molar-refractivity contribution in [2.45, 2.75) is 5.38 Å². The van der Waals surface area contributed by atoms with Crippen molar-refractivity contribution in [2.24, 2.45) is 0 Å². The van der Waals surface area contributed by atoms with Gasteiger partial charge in [-0.3, -0.25) is 9.69 Å². The van der Waals surface area contributed by atoms with Crippen LogP contribution in [0.25, 0.3) is 0 Å². The Morgan fingerprint density at radius 1 is 1.83 bits per heavy atom. The molecule has 1 N–H and O–H groups in total. The number of hydrogen-bond acceptors (Lipinski definition) is 3. The summed E-state index contributed by atoms with van der Waals surface area (Å²) in [5, 5.41) is 10.3. The van der Waals surface area contributed by atoms with Gasteiger partial charge >= 0.3 is 0 Å². The first-order chi connectivity index (χ1) is 5.60. The molecule has 1 atom stereocenters. The van der Waals surface area contributed by atoms with Crippen LogP contribution in [-0.2, 0) is 4.79 Å². The second-order valence-corrected chi connectivity index (χ2v) is 2.99. The van der Waals surface area contributed by atoms with Gasteiger partial charge in [-0.2, -0.15) is 5.26 Å². The van der Waals surface area contributed by atoms with Crippen LogP contribution in [0.3, 0.4) is 0 Å². The Balaban J connectivity index is 3.67. The number of likely N-dealkylation sites (N-methyl/N-ethyl adjacent to an activating group) is 2. The maximum Gasteiger partial charge on any atom is 0.233 e. The summed E-state index contributed by atoms with van der Waals surface area (Å²) in [5.74, 6) is -0.0840. The van der Waals surface area contributed by atoms with Crippen LogP contribution < -0.4 is 5.32 Å². The molecule has 0 aliphatic rings. The van der Waals surface area contributed by atoms with Crippen molar-refractivity contribution in [1.29, 1.82) is 5.26 Å². The van der Waals surface area contributed by atoms with E-state index in [2.05, 4.69) is 5.32 Å². The van der Waals surface area contributed by atoms with E-state index in [4.69, 9.17) is 16.9 Å². The van der Waals surface area contributed by atoms with E-state index in [1.165, 1.54) is 0 Å². The number of amides is 1. The van der Waals surface area contributed by atoms with Crippen molar-refractivity contribution in [3.63, 3.8) is 0 Å². The van der Waals surface area contributed by atoms with E-state index in [1.54, 1.807) is 19.0 Å². The Labute approximate surface area is 77.1 Å². The maximum atomic E-state index is 10.8. The molecule has 0 bridgehead atoms. The number of nitrogens with zero attached hydrogens (tertiary/aromatic N) is 2. The first-order valence-electron chi connectivity index (χ1n) is 3.53. The molecule has 0 fully saturated rings. The SMILES string of the molecule is CNC(=O)CN(C)CC(Cl)C#N. The molecule has 0 saturated carbocycles. The Morgan fingerprint density at radius 2 is 2.42 bits per heavy atom. The number of hydrogen-bond donors (Lipinski definition) is 1. The number of nitriles is 1. The highest BCUT2D eigenvalue weighted by molar-refractivity contribution is 6.22. The minimum atomic E-state index is -0.556. The fourth-order valence-corrected chi connectivity index (χ4v) is 0.939. The van der Waals surface area contributed by atoms with Crippen molar-refractivity contribution in [1.82, 2.24) is 10.2 Å². The maximum absolute atomic E-state index is 10.8. The van der Waals surface area contributed by atoms with Gasteiger partial charge in [0, 0.05) is 13.6 Å². The van der Waals surface area contributed by atoms with Crippen LogP contribution in [0.5, 0.6) is 0 Å². The van der Waals surface area contributed by atoms with Crippen LogP contribution in [0.1, 0.15) is 0 Å². The van der Waals surface area contributed by atoms with Crippen LogP contribution in [-0.4, -0.2) is 43.4 Å². The topological polar surface area (TPSA) is 56.1 Å². The number of halogens is 1. The number of nitrogens with one attached hydrogen (secondary N) is 1. The standard InChI is InChI=1S/C7H12ClN3O/c1-10-7(12)5-11(2)4-6(8)3-9/h6H,4-5H2,1-2H3,(H,10,12). The first-order valence-corrected chi connectivity index (χ1v) is 3.96. The Hall–Kier alpha value is -0.790. The average molecular weight is 190 g/mol. The summed E-state index contributed by atoms with van der Waals surface area (Å²) in [6, 6.07) is 1.88. The zero-order valence-corrected chi connectivity index (χ0v) is 7.93. The Kier molecular flexibility index (Phi) is 5.43. The molecule has 4 nitrogen and oxygen atoms in total. The molecular formula is C7H12ClN3O. The van der Waals surface area contributed by atoms with Gasteiger partial charge < -0.3 is 5.32 Å². The summed E-state index contributed by atoms with van der Waals surface area (Å²) in [7, 11) is 3.31. The van der Waals surface area contributed by atoms with Crippen molar-refractivity contribution in [3.05, 3.63) is 0 Å². The van der Waals surface area contributed by atoms with Gasteiger partial charge in [0.1, 0.15) is 5.38 Å². The van der Waals surface area contributed by atoms with Gasteiger partial charge in [0.15, 0.2) is 0 Å². The molecule has 0 aromatic heterocycles. The summed E-state index contributed by atoms with van der Waals surface area (Å²) in [6.45, 7) is 0.660. The largest absolute Gasteiger partial charge is 0.358 e. The summed E-state index contributed by atoms with van der Waals surface area (Å²) >= 11 is 5.55. The monoisotopic (exact) mass is 189 g/mol. The molecule has 1 amide bonds. The molecule has 0 spiro atoms. The predicted molar refractivity (Wildman–Crippen MR) is 46.8 cm³/mol. The van der Waals surface area contributed by atoms with Crippen molar-refractivity contribution < 1.29 is 4.79 Å². The van der Waals surface area contributed by atoms with Crippen molar-refractivity contribution in [3.8, 4) is 6.07 Å². The molecule has 5 heteroatoms. The van der Waals surface area contributed by atoms with Gasteiger partial charge in [0.25, 0.3) is 0 Å². The quantitative estimate of drug-likeness (QED) is 0.623. The Bertz CT molecular complexity index is 190. The lowest BCUT2D eigenvalue weighted by atomic mass is 10.4. The molecule has 0 rings (SSSR count). The predicted octanol–water partition coefficient (Wildman–Crippen LogP) is -0.205. The third-order valence-corrected chi connectivity index (χ3v) is 1.54. The second kappa shape index (κ2) is 5.81. The van der Waals surface area contributed by atoms with Crippen LogP contribution in [0.4, 0.5) is 0 Å². The third kappa shape index (κ3) is 4.94. The van der Waals surface area contributed by atoms with Gasteiger partial charge in [-0.15, -0.1) is 11.6 Å². The van der Waals surface area contributed by atoms with Gasteiger partial charge in [0.2, 0.25) is 5.91 Å². The molecule has 1 unspecified atom stereocenters. The zero-order valence-electron chi connectivity index (χ0n) is 7.17. The van der Waals surface area contributed by atoms with Gasteiger partial charge in [-0.05, 0) is 7.05 Å². The molecule has 0 radical (unpaired) electrons. The third-order valence-electron chi connectivity index (χ3n) is 1.30. The fourth-order valence-electron chi connectivity index (χ4n) is 0.703. The molecule has 0 saturated heterocycles. The summed E-state index contributed by atoms with van der Waals surface area (Å²) in [5.41, 5.74) is 0. The lowest BCUT2D eigenvalue weighted by Crippen LogP contribution is -2.35. The van der Waals surface area contributed by atoms with E-state index >= 15 is 0 Å². The molecule has 0 aliphatic carbocycles. The van der Waals surface area contributed by atoms with Gasteiger partial charge in [-0.1, -0.05) is 0 Å². The van der Waals surface area contributed by atoms with Gasteiger partial charge in [-0.25, -0.2) is 0 Å². The van der Waals surface area contributed by atoms with E-state index in [-0.39, 0.29) is 12.5 Å². The van der Waals surface area contributed by atoms with E-state index in [9.17, 15) is 4.79 Å². The number of alkyl halides is 1. The molecule has 0 aromatic carbocycles. The average Bonchev–Trinajstić information content (AvgIpc) is 2.03. The normalized spacial score (nSPS) is 12.2. The first kappa shape index (κ1) is 11.2. The minimum Gasteiger partial charge on any atom is -0.358 e. The summed E-state index contributed by atoms with van der Waals surface area (Å²) in [4.78, 5) is 12.5. The fraction of sp³-hybridized carbons (Fsp3) is 0.714. The highest BCUT2D eigenvalue weighted by Crippen LogP contribution is 1.95. The lowest BCUT2D eigenvalue weighted by Gasteiger charge is -2.15. The summed E-state index contributed by atoms with van der Waals surface area (Å²) in [6.07, 6.45) is 0. The van der Waals surface area contributed by atoms with Crippen LogP contribution in [0, 0.1) is 11.3 Å². The summed E-state index contributed by atoms with van der Waals surface area (Å²) < 4.78 is 0. The van der Waals surface area contributed by atoms with E-state index in [0.717, 1.165) is 0 Å². The molecule has 0 aliphatic heterocycles. The molecule has 0 aromatic rings. The lowest BCUT2D eigenvalue weighted by molar-refractivity contribution is -0.121. The van der Waals surface area contributed by atoms with Crippen molar-refractivity contribution in [2.75, 3.05) is 27.2 Å². The van der Waals surface area contributed by atoms with E-state index in [1.807, 2.05) is 6.07 Å². The van der Waals surface area contributed by atoms with Gasteiger partial charge in [0.05, 0.1) is 12.6 Å².